The first-order chi connectivity index (χ1) is 42.6. The number of halogens is 6. The molecular weight excluding hydrogens is 1720 g/mol. The summed E-state index contributed by atoms with van der Waals surface area (Å²) in [6.07, 6.45) is 16.3. The number of nitrogens with two attached hydrogens (primary N) is 1. The van der Waals surface area contributed by atoms with Gasteiger partial charge in [0.2, 0.25) is 0 Å². The van der Waals surface area contributed by atoms with Crippen molar-refractivity contribution in [3.05, 3.63) is 86.4 Å². The van der Waals surface area contributed by atoms with Crippen LogP contribution in [0.4, 0.5) is 5.82 Å². The molecule has 20 nitrogen and oxygen atoms in total. The average molecular weight is 1820 g/mol. The van der Waals surface area contributed by atoms with Crippen LogP contribution < -0.4 is 26.6 Å². The minimum absolute atomic E-state index is 0. The molecule has 0 spiro atoms. The molecule has 7 N–H and O–H groups in total. The van der Waals surface area contributed by atoms with Gasteiger partial charge < -0.3 is 62.3 Å². The topological polar surface area (TPSA) is 270 Å². The summed E-state index contributed by atoms with van der Waals surface area (Å²) in [5, 5.41) is 38.0. The number of aromatic carboxylic acids is 1. The summed E-state index contributed by atoms with van der Waals surface area (Å²) < 4.78 is 25.6. The number of piperidine rings is 2. The van der Waals surface area contributed by atoms with Crippen molar-refractivity contribution in [1.29, 1.82) is 0 Å². The van der Waals surface area contributed by atoms with Crippen LogP contribution in [0.15, 0.2) is 32.4 Å². The summed E-state index contributed by atoms with van der Waals surface area (Å²) in [6.45, 7) is 33.7. The number of oxime groups is 1. The Bertz CT molecular complexity index is 2720. The van der Waals surface area contributed by atoms with E-state index in [-0.39, 0.29) is 55.4 Å². The van der Waals surface area contributed by atoms with Gasteiger partial charge in [-0.2, -0.15) is 16.9 Å². The van der Waals surface area contributed by atoms with Gasteiger partial charge in [-0.05, 0) is 151 Å². The number of pyridine rings is 3. The van der Waals surface area contributed by atoms with Gasteiger partial charge >= 0.3 is 5.97 Å². The van der Waals surface area contributed by atoms with E-state index in [1.807, 2.05) is 61.8 Å². The number of alkyl halides is 4. The van der Waals surface area contributed by atoms with E-state index >= 15 is 0 Å². The monoisotopic (exact) mass is 1820 g/mol. The van der Waals surface area contributed by atoms with E-state index in [0.29, 0.717) is 58.4 Å². The van der Waals surface area contributed by atoms with Gasteiger partial charge in [-0.1, -0.05) is 195 Å². The second-order valence-electron chi connectivity index (χ2n) is 20.7. The SMILES string of the molecule is C/C(N)=N/O.CC.CCI.CCI.CO[C@H]1CN(c2nc(C)c(C)cc2-c2nc(C)no2)CC[C@H]1NC1CCCCC1.CO[C@H]1CNCC[C@H]1NC1CCCCC1.Cc1cc(C(=O)O)c(Cl)nc1C.Cc1noc(-c2cc(C)c(C)nc2Cl)n1.ICI.[CH2-]C.[Y]. The Morgan fingerprint density at radius 2 is 1.10 bits per heavy atom. The number of hydrogen-bond donors (Lipinski definition) is 6. The Hall–Kier alpha value is -1.33. The maximum absolute atomic E-state index is 10.6. The minimum Gasteiger partial charge on any atom is -0.478 e. The number of anilines is 1. The van der Waals surface area contributed by atoms with Crippen LogP contribution in [0.25, 0.3) is 22.9 Å². The number of aromatic nitrogens is 7. The van der Waals surface area contributed by atoms with Gasteiger partial charge in [-0.25, -0.2) is 19.7 Å². The van der Waals surface area contributed by atoms with Gasteiger partial charge in [0.05, 0.1) is 31.3 Å². The third-order valence-electron chi connectivity index (χ3n) is 14.2. The molecule has 0 bridgehead atoms. The molecule has 4 aliphatic rings. The van der Waals surface area contributed by atoms with E-state index in [0.717, 1.165) is 83.8 Å². The molecule has 4 atom stereocenters. The van der Waals surface area contributed by atoms with Crippen molar-refractivity contribution in [2.45, 2.75) is 210 Å². The van der Waals surface area contributed by atoms with E-state index < -0.39 is 5.97 Å². The molecule has 2 aliphatic carbocycles. The maximum atomic E-state index is 10.6. The normalized spacial score (nSPS) is 17.8. The summed E-state index contributed by atoms with van der Waals surface area (Å²) in [6, 6.07) is 7.87. The number of carbonyl (C=O) groups is 1. The Morgan fingerprint density at radius 3 is 1.51 bits per heavy atom. The van der Waals surface area contributed by atoms with E-state index in [2.05, 4.69) is 180 Å². The van der Waals surface area contributed by atoms with Crippen molar-refractivity contribution in [2.75, 3.05) is 56.6 Å². The number of carboxylic acids is 1. The molecule has 5 aromatic heterocycles. The first-order valence-electron chi connectivity index (χ1n) is 30.6. The van der Waals surface area contributed by atoms with Gasteiger partial charge in [0.1, 0.15) is 22.0 Å². The van der Waals surface area contributed by atoms with Crippen LogP contribution in [0.1, 0.15) is 174 Å². The molecule has 5 aromatic rings. The molecule has 27 heteroatoms. The second-order valence-corrected chi connectivity index (χ2v) is 28.9. The van der Waals surface area contributed by atoms with Crippen molar-refractivity contribution in [2.24, 2.45) is 10.9 Å². The third kappa shape index (κ3) is 35.1. The molecule has 2 saturated heterocycles. The Kier molecular flexibility index (Phi) is 54.2. The predicted octanol–water partition coefficient (Wildman–Crippen LogP) is 15.9. The van der Waals surface area contributed by atoms with E-state index in [4.69, 9.17) is 62.8 Å². The number of nitrogens with one attached hydrogen (secondary N) is 3. The zero-order valence-corrected chi connectivity index (χ0v) is 69.2. The van der Waals surface area contributed by atoms with E-state index in [1.165, 1.54) is 94.9 Å². The first kappa shape index (κ1) is 90.7. The zero-order chi connectivity index (χ0) is 67.6. The third-order valence-corrected chi connectivity index (χ3v) is 14.8. The summed E-state index contributed by atoms with van der Waals surface area (Å²) in [4.78, 5) is 34.4. The van der Waals surface area contributed by atoms with Crippen LogP contribution in [0.5, 0.6) is 0 Å². The molecule has 1 radical (unpaired) electrons. The van der Waals surface area contributed by atoms with Gasteiger partial charge in [0.15, 0.2) is 11.6 Å². The molecule has 2 aliphatic heterocycles. The fourth-order valence-electron chi connectivity index (χ4n) is 9.51. The molecule has 90 heavy (non-hydrogen) atoms. The van der Waals surface area contributed by atoms with Crippen LogP contribution in [0.2, 0.25) is 10.3 Å². The van der Waals surface area contributed by atoms with Crippen LogP contribution in [0.3, 0.4) is 0 Å². The van der Waals surface area contributed by atoms with E-state index in [1.54, 1.807) is 27.7 Å². The van der Waals surface area contributed by atoms with Gasteiger partial charge in [0.25, 0.3) is 11.8 Å². The zero-order valence-electron chi connectivity index (χ0n) is 56.2. The number of methoxy groups -OCH3 is 2. The Balaban J connectivity index is 0. The maximum Gasteiger partial charge on any atom is 0.338 e. The molecule has 509 valence electrons. The van der Waals surface area contributed by atoms with Gasteiger partial charge in [0, 0.05) is 108 Å². The molecule has 7 heterocycles. The van der Waals surface area contributed by atoms with Crippen LogP contribution in [-0.4, -0.2) is 145 Å². The first-order valence-corrected chi connectivity index (χ1v) is 37.4. The Labute approximate surface area is 628 Å². The summed E-state index contributed by atoms with van der Waals surface area (Å²) in [7, 11) is 3.65. The van der Waals surface area contributed by atoms with Gasteiger partial charge in [-0.15, -0.1) is 0 Å². The average Bonchev–Trinajstić information content (AvgIpc) is 1.48. The number of aryl methyl sites for hydroxylation is 8. The molecule has 9 rings (SSSR count). The molecule has 4 fully saturated rings. The number of hydrogen-bond acceptors (Lipinski definition) is 18. The van der Waals surface area contributed by atoms with E-state index in [9.17, 15) is 4.79 Å². The fraction of sp³-hybridized carbons (Fsp3) is 0.651. The summed E-state index contributed by atoms with van der Waals surface area (Å²) in [5.74, 6) is 2.21. The van der Waals surface area contributed by atoms with Crippen molar-refractivity contribution in [1.82, 2.24) is 51.2 Å². The quantitative estimate of drug-likeness (QED) is 0.0111. The van der Waals surface area contributed by atoms with Crippen molar-refractivity contribution >= 4 is 131 Å². The minimum atomic E-state index is -1.05. The standard InChI is InChI=1S/C22H33N5O2.C12H24N2O.C10H10ClN3O.C8H8ClNO2.2C2H5I.C2H6N2O.C2H6.C2H5.CH2I2.Y/c1-14-12-18(22-24-16(3)26-29-22)21(23-15(14)2)27-11-10-19(20(13-27)28-4)25-17-8-6-5-7-9-17;1-15-12-9-13-8-7-11(12)14-10-5-3-2-4-6-10;1-5-4-8(9(11)12-6(5)2)10-13-7(3)14-15-10;1-4-3-6(8(11)12)7(9)10-5(4)2;2*1-2-3;1-2(3)4-5;2*1-2;2-1-3;/h12,17,19-20,25H,5-11,13H2,1-4H3;10-14H,2-9H2,1H3;4H,1-3H3;3H,1-2H3,(H,11,12);2*2H2,1H3;5H,1H3,(H2,3,4);1-2H3;1H2,2H3;1H2;/q;;;;;;;;-1;;/t19-,20+;11-,12+;;;;;;;;;/m11........./s1. The number of amidine groups is 1. The van der Waals surface area contributed by atoms with Crippen LogP contribution >= 0.6 is 114 Å². The molecule has 0 aromatic carbocycles. The molecule has 2 saturated carbocycles. The van der Waals surface area contributed by atoms with Crippen LogP contribution in [-0.2, 0) is 42.2 Å². The second kappa shape index (κ2) is 53.8. The van der Waals surface area contributed by atoms with Crippen molar-refractivity contribution < 1.29 is 66.3 Å². The smallest absolute Gasteiger partial charge is 0.338 e. The molecule has 0 unspecified atom stereocenters. The number of nitrogens with zero attached hydrogens (tertiary/aromatic N) is 9. The fourth-order valence-corrected chi connectivity index (χ4v) is 10.0. The number of rotatable bonds is 10. The van der Waals surface area contributed by atoms with Crippen molar-refractivity contribution in [3.8, 4) is 22.9 Å². The predicted molar refractivity (Wildman–Crippen MR) is 401 cm³/mol. The molecule has 0 amide bonds. The Morgan fingerprint density at radius 1 is 0.700 bits per heavy atom. The number of ether oxygens (including phenoxy) is 2. The van der Waals surface area contributed by atoms with Gasteiger partial charge in [-0.3, -0.25) is 0 Å². The summed E-state index contributed by atoms with van der Waals surface area (Å²) >= 11 is 20.7. The van der Waals surface area contributed by atoms with Crippen molar-refractivity contribution in [3.63, 3.8) is 0 Å². The largest absolute Gasteiger partial charge is 0.478 e. The van der Waals surface area contributed by atoms with Crippen LogP contribution in [0, 0.1) is 62.3 Å². The molecular formula is C63H104Cl2I4N13O7Y-. The summed E-state index contributed by atoms with van der Waals surface area (Å²) in [5.41, 5.74) is 12.1. The number of carboxylic acid groups (broad SMARTS) is 1.